The highest BCUT2D eigenvalue weighted by Gasteiger charge is 2.33. The molecule has 0 aliphatic carbocycles. The molecule has 9 heteroatoms. The van der Waals surface area contributed by atoms with E-state index in [1.807, 2.05) is 45.0 Å². The Hall–Kier alpha value is -3.36. The number of anilines is 1. The van der Waals surface area contributed by atoms with E-state index in [1.54, 1.807) is 50.2 Å². The third-order valence-electron chi connectivity index (χ3n) is 6.72. The second kappa shape index (κ2) is 13.1. The fourth-order valence-corrected chi connectivity index (χ4v) is 5.82. The highest BCUT2D eigenvalue weighted by molar-refractivity contribution is 7.92. The van der Waals surface area contributed by atoms with Crippen molar-refractivity contribution in [1.82, 2.24) is 10.2 Å². The molecule has 1 N–H and O–H groups in total. The monoisotopic (exact) mass is 569 g/mol. The molecule has 2 amide bonds. The largest absolute Gasteiger partial charge is 0.352 e. The molecule has 2 atom stereocenters. The average molecular weight is 570 g/mol. The molecule has 39 heavy (non-hydrogen) atoms. The Labute approximate surface area is 236 Å². The maximum absolute atomic E-state index is 14.0. The van der Waals surface area contributed by atoms with Gasteiger partial charge in [0.15, 0.2) is 0 Å². The third kappa shape index (κ3) is 7.40. The second-order valence-corrected chi connectivity index (χ2v) is 12.0. The summed E-state index contributed by atoms with van der Waals surface area (Å²) in [7, 11) is -4.14. The van der Waals surface area contributed by atoms with Gasteiger partial charge in [-0.1, -0.05) is 72.6 Å². The summed E-state index contributed by atoms with van der Waals surface area (Å²) in [6.07, 6.45) is 0.738. The van der Waals surface area contributed by atoms with E-state index in [2.05, 4.69) is 5.32 Å². The summed E-state index contributed by atoms with van der Waals surface area (Å²) in [6, 6.07) is 19.6. The molecule has 3 aromatic carbocycles. The maximum atomic E-state index is 14.0. The summed E-state index contributed by atoms with van der Waals surface area (Å²) in [4.78, 5) is 28.6. The zero-order valence-corrected chi connectivity index (χ0v) is 24.6. The molecule has 7 nitrogen and oxygen atoms in total. The lowest BCUT2D eigenvalue weighted by molar-refractivity contribution is -0.139. The third-order valence-corrected chi connectivity index (χ3v) is 8.91. The topological polar surface area (TPSA) is 86.8 Å². The molecule has 0 saturated heterocycles. The van der Waals surface area contributed by atoms with Crippen molar-refractivity contribution in [3.8, 4) is 0 Å². The van der Waals surface area contributed by atoms with Crippen molar-refractivity contribution in [3.63, 3.8) is 0 Å². The first kappa shape index (κ1) is 30.2. The van der Waals surface area contributed by atoms with Gasteiger partial charge in [-0.15, -0.1) is 0 Å². The molecule has 3 aromatic rings. The number of hydrogen-bond acceptors (Lipinski definition) is 4. The normalized spacial score (nSPS) is 12.9. The fraction of sp³-hybridized carbons (Fsp3) is 0.333. The summed E-state index contributed by atoms with van der Waals surface area (Å²) in [5.74, 6) is -0.816. The predicted molar refractivity (Wildman–Crippen MR) is 156 cm³/mol. The standard InChI is InChI=1S/C30H36ClN3O4S/c1-6-22(3)32-30(36)24(5)33(19-25-13-10-12-21(2)18-25)29(35)20-34(28-17-11-16-27(31)23(28)4)39(37,38)26-14-8-7-9-15-26/h7-18,22,24H,6,19-20H2,1-5H3,(H,32,36)/t22-,24-/m1/s1. The molecular formula is C30H36ClN3O4S. The number of hydrogen-bond donors (Lipinski definition) is 1. The SMILES string of the molecule is CC[C@@H](C)NC(=O)[C@@H](C)N(Cc1cccc(C)c1)C(=O)CN(c1cccc(Cl)c1C)S(=O)(=O)c1ccccc1. The molecule has 0 fully saturated rings. The van der Waals surface area contributed by atoms with E-state index in [-0.39, 0.29) is 23.4 Å². The van der Waals surface area contributed by atoms with Gasteiger partial charge in [-0.3, -0.25) is 13.9 Å². The molecule has 0 aromatic heterocycles. The minimum Gasteiger partial charge on any atom is -0.352 e. The lowest BCUT2D eigenvalue weighted by Gasteiger charge is -2.33. The molecule has 0 saturated carbocycles. The molecule has 0 aliphatic rings. The van der Waals surface area contributed by atoms with Gasteiger partial charge in [0, 0.05) is 17.6 Å². The van der Waals surface area contributed by atoms with Gasteiger partial charge in [-0.2, -0.15) is 0 Å². The van der Waals surface area contributed by atoms with Crippen molar-refractivity contribution >= 4 is 39.1 Å². The Balaban J connectivity index is 2.06. The minimum atomic E-state index is -4.14. The molecule has 0 heterocycles. The van der Waals surface area contributed by atoms with Gasteiger partial charge < -0.3 is 10.2 Å². The Kier molecular flexibility index (Phi) is 10.2. The number of aryl methyl sites for hydroxylation is 1. The summed E-state index contributed by atoms with van der Waals surface area (Å²) in [5, 5.41) is 3.32. The van der Waals surface area contributed by atoms with Crippen LogP contribution in [0.15, 0.2) is 77.7 Å². The number of rotatable bonds is 11. The van der Waals surface area contributed by atoms with E-state index in [9.17, 15) is 18.0 Å². The number of carbonyl (C=O) groups is 2. The summed E-state index contributed by atoms with van der Waals surface area (Å²) in [6.45, 7) is 8.81. The highest BCUT2D eigenvalue weighted by atomic mass is 35.5. The zero-order chi connectivity index (χ0) is 28.7. The Bertz CT molecular complexity index is 1410. The number of nitrogens with zero attached hydrogens (tertiary/aromatic N) is 2. The van der Waals surface area contributed by atoms with Crippen LogP contribution in [0.5, 0.6) is 0 Å². The van der Waals surface area contributed by atoms with Gasteiger partial charge in [-0.05, 0) is 69.5 Å². The highest BCUT2D eigenvalue weighted by Crippen LogP contribution is 2.31. The van der Waals surface area contributed by atoms with E-state index in [0.717, 1.165) is 21.9 Å². The van der Waals surface area contributed by atoms with Crippen molar-refractivity contribution in [2.75, 3.05) is 10.8 Å². The molecule has 0 unspecified atom stereocenters. The fourth-order valence-electron chi connectivity index (χ4n) is 4.15. The Morgan fingerprint density at radius 1 is 0.949 bits per heavy atom. The van der Waals surface area contributed by atoms with Gasteiger partial charge in [0.1, 0.15) is 12.6 Å². The predicted octanol–water partition coefficient (Wildman–Crippen LogP) is 5.48. The van der Waals surface area contributed by atoms with Crippen LogP contribution in [-0.4, -0.2) is 43.8 Å². The van der Waals surface area contributed by atoms with Crippen molar-refractivity contribution in [1.29, 1.82) is 0 Å². The van der Waals surface area contributed by atoms with Crippen LogP contribution in [0.3, 0.4) is 0 Å². The van der Waals surface area contributed by atoms with Crippen molar-refractivity contribution < 1.29 is 18.0 Å². The summed E-state index contributed by atoms with van der Waals surface area (Å²) < 4.78 is 28.8. The van der Waals surface area contributed by atoms with E-state index in [4.69, 9.17) is 11.6 Å². The first-order chi connectivity index (χ1) is 18.4. The van der Waals surface area contributed by atoms with Gasteiger partial charge >= 0.3 is 0 Å². The van der Waals surface area contributed by atoms with Crippen LogP contribution in [0.1, 0.15) is 43.9 Å². The Morgan fingerprint density at radius 3 is 2.26 bits per heavy atom. The van der Waals surface area contributed by atoms with E-state index >= 15 is 0 Å². The quantitative estimate of drug-likeness (QED) is 0.331. The van der Waals surface area contributed by atoms with Gasteiger partial charge in [0.2, 0.25) is 11.8 Å². The van der Waals surface area contributed by atoms with Crippen LogP contribution in [0.25, 0.3) is 0 Å². The van der Waals surface area contributed by atoms with Crippen molar-refractivity contribution in [2.24, 2.45) is 0 Å². The summed E-state index contributed by atoms with van der Waals surface area (Å²) in [5.41, 5.74) is 2.67. The van der Waals surface area contributed by atoms with Crippen molar-refractivity contribution in [3.05, 3.63) is 94.5 Å². The van der Waals surface area contributed by atoms with Gasteiger partial charge in [0.05, 0.1) is 10.6 Å². The Morgan fingerprint density at radius 2 is 1.62 bits per heavy atom. The van der Waals surface area contributed by atoms with Crippen molar-refractivity contribution in [2.45, 2.75) is 64.6 Å². The molecule has 0 radical (unpaired) electrons. The number of sulfonamides is 1. The molecule has 0 spiro atoms. The molecular weight excluding hydrogens is 534 g/mol. The van der Waals surface area contributed by atoms with Crippen LogP contribution < -0.4 is 9.62 Å². The maximum Gasteiger partial charge on any atom is 0.264 e. The number of halogens is 1. The lowest BCUT2D eigenvalue weighted by atomic mass is 10.1. The van der Waals surface area contributed by atoms with Gasteiger partial charge in [-0.25, -0.2) is 8.42 Å². The molecule has 0 aliphatic heterocycles. The van der Waals surface area contributed by atoms with E-state index in [1.165, 1.54) is 17.0 Å². The second-order valence-electron chi connectivity index (χ2n) is 9.71. The average Bonchev–Trinajstić information content (AvgIpc) is 2.92. The zero-order valence-electron chi connectivity index (χ0n) is 23.0. The minimum absolute atomic E-state index is 0.0463. The molecule has 0 bridgehead atoms. The van der Waals surface area contributed by atoms with Crippen LogP contribution in [0, 0.1) is 13.8 Å². The summed E-state index contributed by atoms with van der Waals surface area (Å²) >= 11 is 6.36. The molecule has 208 valence electrons. The van der Waals surface area contributed by atoms with E-state index < -0.39 is 28.5 Å². The number of carbonyl (C=O) groups excluding carboxylic acids is 2. The van der Waals surface area contributed by atoms with Crippen LogP contribution in [0.2, 0.25) is 5.02 Å². The first-order valence-corrected chi connectivity index (χ1v) is 14.8. The number of benzene rings is 3. The smallest absolute Gasteiger partial charge is 0.264 e. The molecule has 3 rings (SSSR count). The van der Waals surface area contributed by atoms with Crippen LogP contribution in [-0.2, 0) is 26.2 Å². The van der Waals surface area contributed by atoms with Crippen LogP contribution in [0.4, 0.5) is 5.69 Å². The van der Waals surface area contributed by atoms with Crippen LogP contribution >= 0.6 is 11.6 Å². The number of nitrogens with one attached hydrogen (secondary N) is 1. The van der Waals surface area contributed by atoms with Gasteiger partial charge in [0.25, 0.3) is 10.0 Å². The lowest BCUT2D eigenvalue weighted by Crippen LogP contribution is -2.52. The van der Waals surface area contributed by atoms with E-state index in [0.29, 0.717) is 16.3 Å². The number of amides is 2. The first-order valence-electron chi connectivity index (χ1n) is 12.9.